The Kier molecular flexibility index (Phi) is 6.62. The first kappa shape index (κ1) is 28.0. The zero-order chi connectivity index (χ0) is 28.7. The second-order valence-corrected chi connectivity index (χ2v) is 12.5. The Labute approximate surface area is 232 Å². The van der Waals surface area contributed by atoms with Crippen LogP contribution < -0.4 is 0 Å². The van der Waals surface area contributed by atoms with Gasteiger partial charge in [-0.2, -0.15) is 0 Å². The van der Waals surface area contributed by atoms with E-state index in [1.165, 1.54) is 12.2 Å². The molecule has 6 aliphatic rings. The normalized spacial score (nSPS) is 52.6. The van der Waals surface area contributed by atoms with E-state index >= 15 is 0 Å². The fourth-order valence-electron chi connectivity index (χ4n) is 7.38. The van der Waals surface area contributed by atoms with Gasteiger partial charge in [0.05, 0.1) is 43.0 Å². The quantitative estimate of drug-likeness (QED) is 0.232. The topological polar surface area (TPSA) is 157 Å². The number of aliphatic hydroxyl groups excluding tert-OH is 3. The highest BCUT2D eigenvalue weighted by Crippen LogP contribution is 2.72. The molecule has 2 spiro atoms. The van der Waals surface area contributed by atoms with Crippen LogP contribution in [0.1, 0.15) is 40.5 Å². The number of allylic oxidation sites excluding steroid dienone is 2. The lowest BCUT2D eigenvalue weighted by atomic mass is 9.51. The summed E-state index contributed by atoms with van der Waals surface area (Å²) in [5, 5.41) is 31.9. The van der Waals surface area contributed by atoms with E-state index in [4.69, 9.17) is 28.4 Å². The monoisotopic (exact) mass is 562 g/mol. The zero-order valence-corrected chi connectivity index (χ0v) is 23.1. The SMILES string of the molecule is CC1=C[C@H]2O[C@@H]3C[C@@H]4OC(=O)/C=C/C=C/[C@@H]([C@@H](C)O)OC[C@@H](O)[C@]5(C)O[C@@H]5C(=O)OC[C@@]2(C[C@@H]1O)[C@@]4(C)[C@@]31CO1. The molecule has 0 aromatic rings. The second-order valence-electron chi connectivity index (χ2n) is 12.5. The molecule has 12 atom stereocenters. The summed E-state index contributed by atoms with van der Waals surface area (Å²) in [4.78, 5) is 26.3. The molecule has 4 fully saturated rings. The van der Waals surface area contributed by atoms with Crippen LogP contribution in [0, 0.1) is 10.8 Å². The van der Waals surface area contributed by atoms with Gasteiger partial charge in [0.1, 0.15) is 36.1 Å². The summed E-state index contributed by atoms with van der Waals surface area (Å²) in [5.41, 5.74) is -3.03. The standard InChI is InChI=1S/C29H38O11/c1-15-9-21-28(11-17(15)31)13-36-25(34)24-26(3,40-24)19(32)12-35-18(16(2)30)7-5-6-8-23(33)39-20-10-22(38-21)29(14-37-29)27(20,28)4/h5-9,16-22,24,30-32H,10-14H2,1-4H3/b7-5+,8-6+/t16-,17+,18+,19-,20+,21-,22-,24-,26+,27+,28-,29-/m1/s1. The number of carbonyl (C=O) groups is 2. The van der Waals surface area contributed by atoms with Crippen LogP contribution in [-0.2, 0) is 38.0 Å². The smallest absolute Gasteiger partial charge is 0.338 e. The first-order valence-electron chi connectivity index (χ1n) is 13.9. The van der Waals surface area contributed by atoms with Crippen LogP contribution in [0.25, 0.3) is 0 Å². The molecule has 0 aromatic heterocycles. The fraction of sp³-hybridized carbons (Fsp3) is 0.724. The van der Waals surface area contributed by atoms with Crippen LogP contribution in [-0.4, -0.2) is 107 Å². The number of hydrogen-bond acceptors (Lipinski definition) is 11. The van der Waals surface area contributed by atoms with Crippen LogP contribution in [0.2, 0.25) is 0 Å². The molecule has 0 amide bonds. The van der Waals surface area contributed by atoms with Crippen LogP contribution >= 0.6 is 0 Å². The molecule has 40 heavy (non-hydrogen) atoms. The summed E-state index contributed by atoms with van der Waals surface area (Å²) in [7, 11) is 0. The van der Waals surface area contributed by atoms with E-state index in [0.29, 0.717) is 13.0 Å². The van der Waals surface area contributed by atoms with Gasteiger partial charge in [0.25, 0.3) is 0 Å². The van der Waals surface area contributed by atoms with E-state index in [-0.39, 0.29) is 25.7 Å². The predicted molar refractivity (Wildman–Crippen MR) is 137 cm³/mol. The number of epoxide rings is 2. The first-order valence-corrected chi connectivity index (χ1v) is 13.9. The summed E-state index contributed by atoms with van der Waals surface area (Å²) in [6, 6.07) is 0. The molecule has 3 N–H and O–H groups in total. The Hall–Kier alpha value is -2.12. The van der Waals surface area contributed by atoms with Crippen molar-refractivity contribution in [2.24, 2.45) is 10.8 Å². The van der Waals surface area contributed by atoms with Gasteiger partial charge in [-0.3, -0.25) is 0 Å². The number of esters is 2. The molecule has 0 radical (unpaired) electrons. The van der Waals surface area contributed by atoms with Gasteiger partial charge in [-0.1, -0.05) is 31.2 Å². The Balaban J connectivity index is 1.38. The van der Waals surface area contributed by atoms with Crippen molar-refractivity contribution in [3.63, 3.8) is 0 Å². The molecule has 11 heteroatoms. The van der Waals surface area contributed by atoms with Crippen molar-refractivity contribution in [3.8, 4) is 0 Å². The van der Waals surface area contributed by atoms with E-state index in [9.17, 15) is 24.9 Å². The summed E-state index contributed by atoms with van der Waals surface area (Å²) in [5.74, 6) is -1.23. The second kappa shape index (κ2) is 9.45. The molecular formula is C29H38O11. The van der Waals surface area contributed by atoms with Crippen molar-refractivity contribution in [2.45, 2.75) is 101 Å². The Morgan fingerprint density at radius 1 is 1.10 bits per heavy atom. The van der Waals surface area contributed by atoms with Crippen molar-refractivity contribution in [1.82, 2.24) is 0 Å². The lowest BCUT2D eigenvalue weighted by molar-refractivity contribution is -0.239. The minimum Gasteiger partial charge on any atom is -0.463 e. The number of carbonyl (C=O) groups excluding carboxylic acids is 2. The van der Waals surface area contributed by atoms with Crippen LogP contribution in [0.15, 0.2) is 36.0 Å². The van der Waals surface area contributed by atoms with Crippen LogP contribution in [0.5, 0.6) is 0 Å². The predicted octanol–water partition coefficient (Wildman–Crippen LogP) is 0.496. The van der Waals surface area contributed by atoms with E-state index in [1.807, 2.05) is 19.9 Å². The van der Waals surface area contributed by atoms with Gasteiger partial charge < -0.3 is 43.7 Å². The molecule has 2 bridgehead atoms. The number of rotatable bonds is 1. The molecule has 220 valence electrons. The van der Waals surface area contributed by atoms with Gasteiger partial charge in [-0.05, 0) is 32.8 Å². The van der Waals surface area contributed by atoms with E-state index < -0.39 is 76.7 Å². The van der Waals surface area contributed by atoms with Crippen LogP contribution in [0.4, 0.5) is 0 Å². The van der Waals surface area contributed by atoms with Crippen molar-refractivity contribution in [2.75, 3.05) is 19.8 Å². The molecule has 0 aromatic carbocycles. The molecule has 2 aliphatic carbocycles. The molecule has 11 nitrogen and oxygen atoms in total. The molecule has 0 unspecified atom stereocenters. The van der Waals surface area contributed by atoms with Crippen molar-refractivity contribution < 1.29 is 53.3 Å². The first-order chi connectivity index (χ1) is 18.9. The van der Waals surface area contributed by atoms with Crippen molar-refractivity contribution >= 4 is 11.9 Å². The third kappa shape index (κ3) is 3.97. The van der Waals surface area contributed by atoms with Crippen molar-refractivity contribution in [1.29, 1.82) is 0 Å². The highest BCUT2D eigenvalue weighted by Gasteiger charge is 2.83. The molecular weight excluding hydrogens is 524 g/mol. The van der Waals surface area contributed by atoms with E-state index in [0.717, 1.165) is 5.57 Å². The fourth-order valence-corrected chi connectivity index (χ4v) is 7.38. The lowest BCUT2D eigenvalue weighted by Gasteiger charge is -2.58. The highest BCUT2D eigenvalue weighted by molar-refractivity contribution is 5.82. The lowest BCUT2D eigenvalue weighted by Crippen LogP contribution is -2.68. The largest absolute Gasteiger partial charge is 0.463 e. The molecule has 4 heterocycles. The number of aliphatic hydroxyl groups is 3. The summed E-state index contributed by atoms with van der Waals surface area (Å²) in [6.07, 6.45) is 2.24. The molecule has 6 rings (SSSR count). The van der Waals surface area contributed by atoms with Gasteiger partial charge in [0.2, 0.25) is 0 Å². The minimum absolute atomic E-state index is 0.134. The van der Waals surface area contributed by atoms with E-state index in [1.54, 1.807) is 26.0 Å². The van der Waals surface area contributed by atoms with Gasteiger partial charge in [0, 0.05) is 17.9 Å². The Morgan fingerprint density at radius 3 is 2.55 bits per heavy atom. The Bertz CT molecular complexity index is 1160. The van der Waals surface area contributed by atoms with E-state index in [2.05, 4.69) is 0 Å². The van der Waals surface area contributed by atoms with Gasteiger partial charge in [-0.25, -0.2) is 9.59 Å². The third-order valence-electron chi connectivity index (χ3n) is 10.3. The number of hydrogen-bond donors (Lipinski definition) is 3. The molecule has 4 aliphatic heterocycles. The number of cyclic esters (lactones) is 1. The average Bonchev–Trinajstić information content (AvgIpc) is 3.81. The summed E-state index contributed by atoms with van der Waals surface area (Å²) in [6.45, 7) is 7.03. The number of ether oxygens (including phenoxy) is 6. The number of fused-ring (bicyclic) bond motifs is 1. The maximum absolute atomic E-state index is 13.3. The van der Waals surface area contributed by atoms with Crippen LogP contribution in [0.3, 0.4) is 0 Å². The molecule has 3 saturated heterocycles. The minimum atomic E-state index is -1.22. The Morgan fingerprint density at radius 2 is 1.85 bits per heavy atom. The summed E-state index contributed by atoms with van der Waals surface area (Å²) >= 11 is 0. The maximum atomic E-state index is 13.3. The maximum Gasteiger partial charge on any atom is 0.338 e. The highest BCUT2D eigenvalue weighted by atomic mass is 16.7. The van der Waals surface area contributed by atoms with Gasteiger partial charge >= 0.3 is 11.9 Å². The van der Waals surface area contributed by atoms with Gasteiger partial charge in [-0.15, -0.1) is 0 Å². The molecule has 1 saturated carbocycles. The average molecular weight is 563 g/mol. The zero-order valence-electron chi connectivity index (χ0n) is 23.1. The summed E-state index contributed by atoms with van der Waals surface area (Å²) < 4.78 is 35.9. The van der Waals surface area contributed by atoms with Gasteiger partial charge in [0.15, 0.2) is 6.10 Å². The van der Waals surface area contributed by atoms with Crippen molar-refractivity contribution in [3.05, 3.63) is 36.0 Å². The third-order valence-corrected chi connectivity index (χ3v) is 10.3.